The van der Waals surface area contributed by atoms with Gasteiger partial charge in [-0.2, -0.15) is 0 Å². The fourth-order valence-corrected chi connectivity index (χ4v) is 9.62. The number of carbonyl (C=O) groups excluding carboxylic acids is 2. The summed E-state index contributed by atoms with van der Waals surface area (Å²) < 4.78 is 17.6. The second-order valence-electron chi connectivity index (χ2n) is 21.4. The molecule has 0 bridgehead atoms. The number of ether oxygens (including phenoxy) is 3. The van der Waals surface area contributed by atoms with E-state index in [-0.39, 0.29) is 13.0 Å². The molecule has 8 unspecified atom stereocenters. The molecule has 1 aliphatic rings. The molecule has 6 N–H and O–H groups in total. The lowest BCUT2D eigenvalue weighted by Gasteiger charge is -2.41. The molecule has 8 atom stereocenters. The van der Waals surface area contributed by atoms with Crippen molar-refractivity contribution in [2.45, 2.75) is 333 Å². The SMILES string of the molecule is CCCCC/C=C\C/C=C\CCCCCCCCCCCC(=O)OC1C(OCC(NC(=O)C(O)CCCCCCCCCCCCCCCC)C(O)/C=C/CCCCCCCCCCC)OC(CO)C(O)C1O. The van der Waals surface area contributed by atoms with Crippen LogP contribution < -0.4 is 5.32 Å². The van der Waals surface area contributed by atoms with Gasteiger partial charge in [0, 0.05) is 6.42 Å². The largest absolute Gasteiger partial charge is 0.454 e. The Kier molecular flexibility index (Phi) is 47.8. The number of hydrogen-bond acceptors (Lipinski definition) is 10. The van der Waals surface area contributed by atoms with Crippen molar-refractivity contribution in [2.75, 3.05) is 13.2 Å². The average Bonchev–Trinajstić information content (AvgIpc) is 3.39. The zero-order chi connectivity index (χ0) is 53.3. The van der Waals surface area contributed by atoms with Crippen LogP contribution in [0, 0.1) is 0 Å². The van der Waals surface area contributed by atoms with Crippen LogP contribution in [0.4, 0.5) is 0 Å². The highest BCUT2D eigenvalue weighted by atomic mass is 16.7. The highest BCUT2D eigenvalue weighted by molar-refractivity contribution is 5.80. The molecule has 0 aromatic carbocycles. The number of nitrogens with one attached hydrogen (secondary N) is 1. The Bertz CT molecular complexity index is 1330. The zero-order valence-electron chi connectivity index (χ0n) is 47.3. The van der Waals surface area contributed by atoms with Crippen LogP contribution in [0.3, 0.4) is 0 Å². The van der Waals surface area contributed by atoms with E-state index >= 15 is 0 Å². The van der Waals surface area contributed by atoms with Gasteiger partial charge in [0.15, 0.2) is 12.4 Å². The van der Waals surface area contributed by atoms with Gasteiger partial charge in [-0.25, -0.2) is 0 Å². The van der Waals surface area contributed by atoms with Crippen molar-refractivity contribution in [3.8, 4) is 0 Å². The van der Waals surface area contributed by atoms with Gasteiger partial charge in [0.05, 0.1) is 25.4 Å². The first kappa shape index (κ1) is 68.9. The minimum absolute atomic E-state index is 0.121. The van der Waals surface area contributed by atoms with Crippen molar-refractivity contribution in [3.05, 3.63) is 36.5 Å². The number of aliphatic hydroxyl groups is 5. The summed E-state index contributed by atoms with van der Waals surface area (Å²) in [4.78, 5) is 26.5. The molecule has 428 valence electrons. The molecule has 1 saturated heterocycles. The van der Waals surface area contributed by atoms with Crippen LogP contribution in [0.5, 0.6) is 0 Å². The predicted octanol–water partition coefficient (Wildman–Crippen LogP) is 14.3. The normalized spacial score (nSPS) is 19.6. The molecule has 0 saturated carbocycles. The van der Waals surface area contributed by atoms with Crippen molar-refractivity contribution in [1.29, 1.82) is 0 Å². The third kappa shape index (κ3) is 39.0. The first-order valence-electron chi connectivity index (χ1n) is 30.8. The molecule has 11 heteroatoms. The highest BCUT2D eigenvalue weighted by Gasteiger charge is 2.47. The van der Waals surface area contributed by atoms with Crippen molar-refractivity contribution < 1.29 is 49.3 Å². The molecule has 1 rings (SSSR count). The number of carbonyl (C=O) groups is 2. The maximum atomic E-state index is 13.4. The van der Waals surface area contributed by atoms with Gasteiger partial charge < -0.3 is 45.1 Å². The Morgan fingerprint density at radius 1 is 0.534 bits per heavy atom. The van der Waals surface area contributed by atoms with E-state index in [0.717, 1.165) is 70.6 Å². The van der Waals surface area contributed by atoms with Crippen LogP contribution in [-0.2, 0) is 23.8 Å². The lowest BCUT2D eigenvalue weighted by molar-refractivity contribution is -0.305. The molecule has 1 amide bonds. The van der Waals surface area contributed by atoms with Gasteiger partial charge in [-0.05, 0) is 57.8 Å². The van der Waals surface area contributed by atoms with E-state index in [1.165, 1.54) is 167 Å². The predicted molar refractivity (Wildman–Crippen MR) is 301 cm³/mol. The van der Waals surface area contributed by atoms with E-state index in [9.17, 15) is 35.1 Å². The molecule has 0 aliphatic carbocycles. The number of rotatable bonds is 52. The van der Waals surface area contributed by atoms with Crippen LogP contribution >= 0.6 is 0 Å². The smallest absolute Gasteiger partial charge is 0.306 e. The van der Waals surface area contributed by atoms with Gasteiger partial charge in [0.1, 0.15) is 24.4 Å². The van der Waals surface area contributed by atoms with Gasteiger partial charge in [0.25, 0.3) is 0 Å². The summed E-state index contributed by atoms with van der Waals surface area (Å²) in [6.07, 6.45) is 48.9. The van der Waals surface area contributed by atoms with Gasteiger partial charge in [-0.15, -0.1) is 0 Å². The molecule has 0 spiro atoms. The van der Waals surface area contributed by atoms with Gasteiger partial charge in [-0.1, -0.05) is 256 Å². The fraction of sp³-hybridized carbons (Fsp3) is 0.871. The molecule has 0 radical (unpaired) electrons. The fourth-order valence-electron chi connectivity index (χ4n) is 9.62. The summed E-state index contributed by atoms with van der Waals surface area (Å²) in [5, 5.41) is 56.9. The topological polar surface area (TPSA) is 175 Å². The molecule has 73 heavy (non-hydrogen) atoms. The summed E-state index contributed by atoms with van der Waals surface area (Å²) in [6, 6.07) is -1.02. The third-order valence-electron chi connectivity index (χ3n) is 14.5. The van der Waals surface area contributed by atoms with E-state index in [1.54, 1.807) is 6.08 Å². The van der Waals surface area contributed by atoms with Crippen molar-refractivity contribution in [2.24, 2.45) is 0 Å². The summed E-state index contributed by atoms with van der Waals surface area (Å²) >= 11 is 0. The maximum Gasteiger partial charge on any atom is 0.306 e. The van der Waals surface area contributed by atoms with Crippen LogP contribution in [-0.4, -0.2) is 99.6 Å². The van der Waals surface area contributed by atoms with Crippen molar-refractivity contribution in [1.82, 2.24) is 5.32 Å². The lowest BCUT2D eigenvalue weighted by Crippen LogP contribution is -2.61. The van der Waals surface area contributed by atoms with Crippen LogP contribution in [0.1, 0.15) is 284 Å². The number of esters is 1. The Morgan fingerprint density at radius 3 is 1.42 bits per heavy atom. The summed E-state index contributed by atoms with van der Waals surface area (Å²) in [6.45, 7) is 5.77. The highest BCUT2D eigenvalue weighted by Crippen LogP contribution is 2.26. The third-order valence-corrected chi connectivity index (χ3v) is 14.5. The number of unbranched alkanes of at least 4 members (excludes halogenated alkanes) is 34. The molecule has 1 aliphatic heterocycles. The van der Waals surface area contributed by atoms with E-state index < -0.39 is 67.4 Å². The van der Waals surface area contributed by atoms with Crippen LogP contribution in [0.15, 0.2) is 36.5 Å². The van der Waals surface area contributed by atoms with Crippen LogP contribution in [0.25, 0.3) is 0 Å². The van der Waals surface area contributed by atoms with Gasteiger partial charge >= 0.3 is 5.97 Å². The second-order valence-corrected chi connectivity index (χ2v) is 21.4. The summed E-state index contributed by atoms with van der Waals surface area (Å²) in [5.41, 5.74) is 0. The minimum Gasteiger partial charge on any atom is -0.454 e. The Balaban J connectivity index is 2.66. The first-order valence-corrected chi connectivity index (χ1v) is 30.8. The molecule has 11 nitrogen and oxygen atoms in total. The number of aliphatic hydroxyl groups excluding tert-OH is 5. The van der Waals surface area contributed by atoms with E-state index in [2.05, 4.69) is 50.4 Å². The number of amides is 1. The Morgan fingerprint density at radius 2 is 0.945 bits per heavy atom. The van der Waals surface area contributed by atoms with E-state index in [4.69, 9.17) is 14.2 Å². The summed E-state index contributed by atoms with van der Waals surface area (Å²) in [7, 11) is 0. The molecule has 1 fully saturated rings. The second kappa shape index (κ2) is 50.7. The average molecular weight is 1030 g/mol. The Labute approximate surface area is 447 Å². The summed E-state index contributed by atoms with van der Waals surface area (Å²) in [5.74, 6) is -1.19. The minimum atomic E-state index is -1.61. The Hall–Kier alpha value is -2.12. The van der Waals surface area contributed by atoms with E-state index in [0.29, 0.717) is 19.3 Å². The molecular weight excluding hydrogens is 919 g/mol. The lowest BCUT2D eigenvalue weighted by atomic mass is 9.99. The van der Waals surface area contributed by atoms with Gasteiger partial charge in [0.2, 0.25) is 5.91 Å². The number of allylic oxidation sites excluding steroid dienone is 5. The van der Waals surface area contributed by atoms with Crippen molar-refractivity contribution in [3.63, 3.8) is 0 Å². The molecule has 0 aromatic heterocycles. The monoisotopic (exact) mass is 1030 g/mol. The zero-order valence-corrected chi connectivity index (χ0v) is 47.3. The van der Waals surface area contributed by atoms with Crippen LogP contribution in [0.2, 0.25) is 0 Å². The quantitative estimate of drug-likeness (QED) is 0.0195. The molecule has 0 aromatic rings. The molecule has 1 heterocycles. The standard InChI is InChI=1S/C62H115NO10/c1-4-7-10-13-16-19-22-24-26-27-28-29-30-32-35-38-41-44-47-50-57(67)73-60-59(69)58(68)56(51-64)72-62(60)71-52-53(54(65)48-45-42-39-36-33-21-18-15-12-9-6-3)63-61(70)55(66)49-46-43-40-37-34-31-25-23-20-17-14-11-8-5-2/h16,19,24,26,45,48,53-56,58-60,62,64-66,68-69H,4-15,17-18,20-23,25,27-44,46-47,49-52H2,1-3H3,(H,63,70)/b19-16-,26-24-,48-45+. The number of hydrogen-bond donors (Lipinski definition) is 6. The first-order chi connectivity index (χ1) is 35.7. The molecular formula is C62H115NO10. The van der Waals surface area contributed by atoms with E-state index in [1.807, 2.05) is 6.08 Å². The van der Waals surface area contributed by atoms with Crippen molar-refractivity contribution >= 4 is 11.9 Å². The van der Waals surface area contributed by atoms with Gasteiger partial charge in [-0.3, -0.25) is 9.59 Å². The maximum absolute atomic E-state index is 13.4.